The van der Waals surface area contributed by atoms with Gasteiger partial charge in [0.1, 0.15) is 12.8 Å². The van der Waals surface area contributed by atoms with Gasteiger partial charge in [0.15, 0.2) is 11.5 Å². The quantitative estimate of drug-likeness (QED) is 0.106. The minimum absolute atomic E-state index is 0.136. The molecular weight excluding hydrogens is 586 g/mol. The summed E-state index contributed by atoms with van der Waals surface area (Å²) >= 11 is 3.65. The number of hydrogen-bond donors (Lipinski definition) is 0. The first kappa shape index (κ1) is 27.9. The summed E-state index contributed by atoms with van der Waals surface area (Å²) in [4.78, 5) is 29.3. The number of nitro groups is 1. The Labute approximate surface area is 246 Å². The van der Waals surface area contributed by atoms with E-state index in [2.05, 4.69) is 27.4 Å². The van der Waals surface area contributed by atoms with E-state index in [9.17, 15) is 14.9 Å². The van der Waals surface area contributed by atoms with Crippen LogP contribution in [-0.4, -0.2) is 29.4 Å². The maximum atomic E-state index is 14.2. The molecular formula is C32H28BrN3O5. The van der Waals surface area contributed by atoms with Gasteiger partial charge in [-0.05, 0) is 50.8 Å². The number of rotatable bonds is 10. The van der Waals surface area contributed by atoms with E-state index in [4.69, 9.17) is 9.47 Å². The molecule has 9 heteroatoms. The van der Waals surface area contributed by atoms with E-state index >= 15 is 0 Å². The highest BCUT2D eigenvalue weighted by Crippen LogP contribution is 2.45. The van der Waals surface area contributed by atoms with E-state index in [-0.39, 0.29) is 23.7 Å². The van der Waals surface area contributed by atoms with Gasteiger partial charge in [-0.25, -0.2) is 0 Å². The molecule has 1 heterocycles. The lowest BCUT2D eigenvalue weighted by molar-refractivity contribution is -0.384. The van der Waals surface area contributed by atoms with Crippen LogP contribution in [0.5, 0.6) is 11.5 Å². The summed E-state index contributed by atoms with van der Waals surface area (Å²) in [5, 5.41) is 11.7. The van der Waals surface area contributed by atoms with Crippen LogP contribution >= 0.6 is 15.9 Å². The minimum atomic E-state index is -0.574. The first-order valence-corrected chi connectivity index (χ1v) is 13.8. The normalized spacial score (nSPS) is 14.4. The maximum Gasteiger partial charge on any atom is 0.270 e. The number of anilines is 1. The summed E-state index contributed by atoms with van der Waals surface area (Å²) in [6, 6.07) is 27.8. The van der Waals surface area contributed by atoms with Crippen molar-refractivity contribution in [1.29, 1.82) is 0 Å². The predicted molar refractivity (Wildman–Crippen MR) is 161 cm³/mol. The fourth-order valence-corrected chi connectivity index (χ4v) is 5.62. The van der Waals surface area contributed by atoms with E-state index in [1.807, 2.05) is 72.8 Å². The number of carbonyl (C=O) groups excluding carboxylic acids is 1. The largest absolute Gasteiger partial charge is 0.493 e. The molecule has 1 aliphatic rings. The summed E-state index contributed by atoms with van der Waals surface area (Å²) in [6.07, 6.45) is 1.08. The van der Waals surface area contributed by atoms with Crippen molar-refractivity contribution in [2.24, 2.45) is 0 Å². The SMILES string of the molecule is C=CCOc1c(Br)cc([C@H]2N(Cc3ccccc3)C(=O)c3cc([N+](=O)[O-])ccc3N2Cc2ccccc2)cc1OC. The third-order valence-corrected chi connectivity index (χ3v) is 7.46. The van der Waals surface area contributed by atoms with Crippen molar-refractivity contribution in [2.75, 3.05) is 18.6 Å². The fourth-order valence-electron chi connectivity index (χ4n) is 5.05. The Morgan fingerprint density at radius 2 is 1.59 bits per heavy atom. The van der Waals surface area contributed by atoms with Gasteiger partial charge in [-0.2, -0.15) is 0 Å². The van der Waals surface area contributed by atoms with Crippen LogP contribution in [0.15, 0.2) is 108 Å². The number of hydrogen-bond acceptors (Lipinski definition) is 6. The molecule has 1 aliphatic heterocycles. The molecule has 41 heavy (non-hydrogen) atoms. The third kappa shape index (κ3) is 5.81. The lowest BCUT2D eigenvalue weighted by Gasteiger charge is -2.46. The zero-order chi connectivity index (χ0) is 28.9. The molecule has 0 aromatic heterocycles. The molecule has 0 aliphatic carbocycles. The first-order valence-electron chi connectivity index (χ1n) is 13.0. The Morgan fingerprint density at radius 3 is 2.17 bits per heavy atom. The van der Waals surface area contributed by atoms with Gasteiger partial charge in [-0.1, -0.05) is 73.3 Å². The van der Waals surface area contributed by atoms with Crippen molar-refractivity contribution >= 4 is 33.2 Å². The molecule has 208 valence electrons. The van der Waals surface area contributed by atoms with Crippen molar-refractivity contribution in [2.45, 2.75) is 19.3 Å². The van der Waals surface area contributed by atoms with Crippen LogP contribution in [0.2, 0.25) is 0 Å². The van der Waals surface area contributed by atoms with Crippen molar-refractivity contribution in [1.82, 2.24) is 4.90 Å². The van der Waals surface area contributed by atoms with Crippen LogP contribution in [0.25, 0.3) is 0 Å². The van der Waals surface area contributed by atoms with Crippen molar-refractivity contribution < 1.29 is 19.2 Å². The fraction of sp³-hybridized carbons (Fsp3) is 0.156. The molecule has 0 radical (unpaired) electrons. The third-order valence-electron chi connectivity index (χ3n) is 6.87. The van der Waals surface area contributed by atoms with E-state index in [0.717, 1.165) is 16.7 Å². The second-order valence-corrected chi connectivity index (χ2v) is 10.4. The van der Waals surface area contributed by atoms with Crippen molar-refractivity contribution in [3.63, 3.8) is 0 Å². The number of amides is 1. The Hall–Kier alpha value is -4.63. The number of benzene rings is 4. The van der Waals surface area contributed by atoms with Gasteiger partial charge in [0, 0.05) is 25.2 Å². The van der Waals surface area contributed by atoms with E-state index in [0.29, 0.717) is 34.8 Å². The molecule has 0 fully saturated rings. The molecule has 0 saturated heterocycles. The maximum absolute atomic E-state index is 14.2. The van der Waals surface area contributed by atoms with Crippen LogP contribution in [0.3, 0.4) is 0 Å². The number of non-ortho nitro benzene ring substituents is 1. The predicted octanol–water partition coefficient (Wildman–Crippen LogP) is 7.29. The van der Waals surface area contributed by atoms with E-state index < -0.39 is 11.1 Å². The number of nitrogens with zero attached hydrogens (tertiary/aromatic N) is 3. The molecule has 0 spiro atoms. The summed E-state index contributed by atoms with van der Waals surface area (Å²) in [7, 11) is 1.57. The van der Waals surface area contributed by atoms with Crippen LogP contribution in [-0.2, 0) is 13.1 Å². The number of fused-ring (bicyclic) bond motifs is 1. The summed E-state index contributed by atoms with van der Waals surface area (Å²) in [6.45, 7) is 4.75. The second kappa shape index (κ2) is 12.3. The van der Waals surface area contributed by atoms with Gasteiger partial charge in [-0.15, -0.1) is 0 Å². The number of ether oxygens (including phenoxy) is 2. The van der Waals surface area contributed by atoms with Gasteiger partial charge in [0.2, 0.25) is 0 Å². The molecule has 0 saturated carbocycles. The lowest BCUT2D eigenvalue weighted by Crippen LogP contribution is -2.48. The zero-order valence-electron chi connectivity index (χ0n) is 22.4. The van der Waals surface area contributed by atoms with Gasteiger partial charge in [-0.3, -0.25) is 14.9 Å². The standard InChI is InChI=1S/C32H28BrN3O5/c1-3-16-41-30-27(33)17-24(18-29(30)40-2)31-34(20-22-10-6-4-7-11-22)28-15-14-25(36(38)39)19-26(28)32(37)35(31)21-23-12-8-5-9-13-23/h3-15,17-19,31H,1,16,20-21H2,2H3/t31-/m1/s1. The first-order chi connectivity index (χ1) is 19.9. The highest BCUT2D eigenvalue weighted by Gasteiger charge is 2.40. The Bertz CT molecular complexity index is 1580. The van der Waals surface area contributed by atoms with Crippen molar-refractivity contribution in [3.8, 4) is 11.5 Å². The monoisotopic (exact) mass is 613 g/mol. The lowest BCUT2D eigenvalue weighted by atomic mass is 9.98. The zero-order valence-corrected chi connectivity index (χ0v) is 24.0. The van der Waals surface area contributed by atoms with Crippen LogP contribution in [0.1, 0.15) is 33.2 Å². The highest BCUT2D eigenvalue weighted by atomic mass is 79.9. The second-order valence-electron chi connectivity index (χ2n) is 9.50. The van der Waals surface area contributed by atoms with Crippen LogP contribution in [0, 0.1) is 10.1 Å². The molecule has 0 unspecified atom stereocenters. The number of halogens is 1. The smallest absolute Gasteiger partial charge is 0.270 e. The summed E-state index contributed by atoms with van der Waals surface area (Å²) < 4.78 is 12.2. The average molecular weight is 614 g/mol. The minimum Gasteiger partial charge on any atom is -0.493 e. The number of methoxy groups -OCH3 is 1. The molecule has 0 bridgehead atoms. The van der Waals surface area contributed by atoms with Crippen LogP contribution < -0.4 is 14.4 Å². The molecule has 1 amide bonds. The van der Waals surface area contributed by atoms with Gasteiger partial charge in [0.05, 0.1) is 27.8 Å². The van der Waals surface area contributed by atoms with Gasteiger partial charge in [0.25, 0.3) is 11.6 Å². The van der Waals surface area contributed by atoms with E-state index in [1.54, 1.807) is 24.2 Å². The average Bonchev–Trinajstić information content (AvgIpc) is 2.99. The van der Waals surface area contributed by atoms with E-state index in [1.165, 1.54) is 12.1 Å². The topological polar surface area (TPSA) is 85.1 Å². The Morgan fingerprint density at radius 1 is 0.951 bits per heavy atom. The van der Waals surface area contributed by atoms with Gasteiger partial charge >= 0.3 is 0 Å². The number of nitro benzene ring substituents is 1. The molecule has 4 aromatic rings. The molecule has 1 atom stereocenters. The number of carbonyl (C=O) groups is 1. The molecule has 5 rings (SSSR count). The Balaban J connectivity index is 1.72. The molecule has 4 aromatic carbocycles. The Kier molecular flexibility index (Phi) is 8.35. The summed E-state index contributed by atoms with van der Waals surface area (Å²) in [5.41, 5.74) is 3.48. The summed E-state index contributed by atoms with van der Waals surface area (Å²) in [5.74, 6) is 0.722. The molecule has 8 nitrogen and oxygen atoms in total. The highest BCUT2D eigenvalue weighted by molar-refractivity contribution is 9.10. The molecule has 0 N–H and O–H groups in total. The van der Waals surface area contributed by atoms with Gasteiger partial charge < -0.3 is 19.3 Å². The van der Waals surface area contributed by atoms with Crippen molar-refractivity contribution in [3.05, 3.63) is 140 Å². The van der Waals surface area contributed by atoms with Crippen LogP contribution in [0.4, 0.5) is 11.4 Å².